The van der Waals surface area contributed by atoms with E-state index in [0.29, 0.717) is 28.4 Å². The highest BCUT2D eigenvalue weighted by Crippen LogP contribution is 2.24. The average molecular weight is 374 g/mol. The van der Waals surface area contributed by atoms with E-state index in [1.54, 1.807) is 6.20 Å². The van der Waals surface area contributed by atoms with Crippen LogP contribution in [0, 0.1) is 17.1 Å². The van der Waals surface area contributed by atoms with Crippen molar-refractivity contribution in [3.63, 3.8) is 0 Å². The van der Waals surface area contributed by atoms with Gasteiger partial charge >= 0.3 is 0 Å². The van der Waals surface area contributed by atoms with E-state index in [9.17, 15) is 9.18 Å². The molecule has 4 aromatic rings. The zero-order chi connectivity index (χ0) is 19.5. The van der Waals surface area contributed by atoms with E-state index in [0.717, 1.165) is 6.20 Å². The average Bonchev–Trinajstić information content (AvgIpc) is 3.18. The lowest BCUT2D eigenvalue weighted by Gasteiger charge is -2.09. The van der Waals surface area contributed by atoms with Crippen molar-refractivity contribution >= 4 is 11.4 Å². The molecule has 0 aromatic carbocycles. The summed E-state index contributed by atoms with van der Waals surface area (Å²) in [7, 11) is 0. The number of fused-ring (bicyclic) bond motifs is 1. The monoisotopic (exact) mass is 374 g/mol. The van der Waals surface area contributed by atoms with E-state index in [-0.39, 0.29) is 17.8 Å². The molecule has 0 spiro atoms. The van der Waals surface area contributed by atoms with E-state index in [2.05, 4.69) is 20.1 Å². The van der Waals surface area contributed by atoms with Gasteiger partial charge in [0, 0.05) is 18.0 Å². The first-order valence-electron chi connectivity index (χ1n) is 8.12. The summed E-state index contributed by atoms with van der Waals surface area (Å²) in [5.74, 6) is -0.0754. The smallest absolute Gasteiger partial charge is 0.172 e. The predicted octanol–water partition coefficient (Wildman–Crippen LogP) is 2.75. The van der Waals surface area contributed by atoms with Crippen LogP contribution in [0.5, 0.6) is 11.5 Å². The number of hydrogen-bond acceptors (Lipinski definition) is 7. The number of hydrogen-bond donors (Lipinski definition) is 0. The van der Waals surface area contributed by atoms with Crippen molar-refractivity contribution < 1.29 is 13.9 Å². The van der Waals surface area contributed by atoms with Gasteiger partial charge in [-0.05, 0) is 18.2 Å². The molecule has 9 heteroatoms. The van der Waals surface area contributed by atoms with Crippen LogP contribution in [0.1, 0.15) is 21.6 Å². The summed E-state index contributed by atoms with van der Waals surface area (Å²) in [6.07, 6.45) is 6.79. The molecule has 0 unspecified atom stereocenters. The molecule has 0 N–H and O–H groups in total. The molecule has 136 valence electrons. The maximum atomic E-state index is 13.0. The Bertz CT molecular complexity index is 1210. The molecule has 0 aliphatic carbocycles. The third-order valence-electron chi connectivity index (χ3n) is 3.86. The first kappa shape index (κ1) is 17.2. The van der Waals surface area contributed by atoms with E-state index in [1.807, 2.05) is 6.07 Å². The Morgan fingerprint density at radius 3 is 2.86 bits per heavy atom. The van der Waals surface area contributed by atoms with Gasteiger partial charge in [0.05, 0.1) is 36.1 Å². The summed E-state index contributed by atoms with van der Waals surface area (Å²) in [6, 6.07) is 7.75. The minimum atomic E-state index is -0.473. The normalized spacial score (nSPS) is 10.6. The van der Waals surface area contributed by atoms with E-state index >= 15 is 0 Å². The van der Waals surface area contributed by atoms with Crippen LogP contribution in [0.2, 0.25) is 0 Å². The Morgan fingerprint density at radius 1 is 1.18 bits per heavy atom. The number of ketones is 1. The molecule has 28 heavy (non-hydrogen) atoms. The Morgan fingerprint density at radius 2 is 2.07 bits per heavy atom. The third-order valence-corrected chi connectivity index (χ3v) is 3.86. The van der Waals surface area contributed by atoms with Gasteiger partial charge in [0.1, 0.15) is 29.7 Å². The van der Waals surface area contributed by atoms with Gasteiger partial charge in [-0.3, -0.25) is 14.8 Å². The van der Waals surface area contributed by atoms with Gasteiger partial charge in [-0.2, -0.15) is 10.4 Å². The number of nitrogens with zero attached hydrogens (tertiary/aromatic N) is 6. The standard InChI is InChI=1S/C19H11FN6O2/c20-13-1-2-14(23-8-13)4-18(27)17-5-16(10-26-19(17)24-11-25-26)28-15-3-12(6-21)7-22-9-15/h1-3,5,7-11H,4H2. The molecule has 0 aliphatic rings. The summed E-state index contributed by atoms with van der Waals surface area (Å²) in [5, 5.41) is 13.0. The number of pyridine rings is 3. The molecular formula is C19H11FN6O2. The second-order valence-electron chi connectivity index (χ2n) is 5.81. The third kappa shape index (κ3) is 3.52. The number of rotatable bonds is 5. The number of Topliss-reactive ketones (excluding diaryl/α,β-unsaturated/α-hetero) is 1. The zero-order valence-electron chi connectivity index (χ0n) is 14.3. The maximum absolute atomic E-state index is 13.0. The second kappa shape index (κ2) is 7.20. The summed E-state index contributed by atoms with van der Waals surface area (Å²) in [5.41, 5.74) is 1.42. The van der Waals surface area contributed by atoms with Gasteiger partial charge in [0.2, 0.25) is 0 Å². The Balaban J connectivity index is 1.67. The fraction of sp³-hybridized carbons (Fsp3) is 0.0526. The molecule has 0 radical (unpaired) electrons. The summed E-state index contributed by atoms with van der Waals surface area (Å²) in [4.78, 5) is 24.7. The van der Waals surface area contributed by atoms with Crippen molar-refractivity contribution in [1.29, 1.82) is 5.26 Å². The van der Waals surface area contributed by atoms with Crippen molar-refractivity contribution in [2.24, 2.45) is 0 Å². The molecule has 0 saturated heterocycles. The number of carbonyl (C=O) groups excluding carboxylic acids is 1. The van der Waals surface area contributed by atoms with Crippen molar-refractivity contribution in [1.82, 2.24) is 24.6 Å². The molecule has 0 saturated carbocycles. The topological polar surface area (TPSA) is 106 Å². The van der Waals surface area contributed by atoms with Crippen LogP contribution < -0.4 is 4.74 Å². The number of halogens is 1. The van der Waals surface area contributed by atoms with Crippen LogP contribution in [0.15, 0.2) is 55.4 Å². The van der Waals surface area contributed by atoms with Crippen LogP contribution in [0.4, 0.5) is 4.39 Å². The first-order chi connectivity index (χ1) is 13.6. The quantitative estimate of drug-likeness (QED) is 0.494. The molecule has 0 aliphatic heterocycles. The van der Waals surface area contributed by atoms with Gasteiger partial charge in [0.15, 0.2) is 11.4 Å². The molecule has 0 fully saturated rings. The molecule has 0 atom stereocenters. The molecule has 0 amide bonds. The number of nitriles is 1. The number of ether oxygens (including phenoxy) is 1. The minimum absolute atomic E-state index is 0.0300. The highest BCUT2D eigenvalue weighted by Gasteiger charge is 2.16. The van der Waals surface area contributed by atoms with Crippen LogP contribution in [-0.2, 0) is 6.42 Å². The SMILES string of the molecule is N#Cc1cncc(Oc2cc(C(=O)Cc3ccc(F)cn3)c3ncnn3c2)c1. The summed E-state index contributed by atoms with van der Waals surface area (Å²) in [6.45, 7) is 0. The van der Waals surface area contributed by atoms with Crippen molar-refractivity contribution in [3.05, 3.63) is 78.0 Å². The van der Waals surface area contributed by atoms with E-state index in [4.69, 9.17) is 10.00 Å². The summed E-state index contributed by atoms with van der Waals surface area (Å²) < 4.78 is 20.2. The fourth-order valence-corrected chi connectivity index (χ4v) is 2.61. The predicted molar refractivity (Wildman–Crippen MR) is 94.2 cm³/mol. The highest BCUT2D eigenvalue weighted by molar-refractivity contribution is 6.02. The van der Waals surface area contributed by atoms with Crippen molar-refractivity contribution in [2.45, 2.75) is 6.42 Å². The maximum Gasteiger partial charge on any atom is 0.172 e. The van der Waals surface area contributed by atoms with Crippen molar-refractivity contribution in [2.75, 3.05) is 0 Å². The van der Waals surface area contributed by atoms with Crippen LogP contribution >= 0.6 is 0 Å². The zero-order valence-corrected chi connectivity index (χ0v) is 14.3. The second-order valence-corrected chi connectivity index (χ2v) is 5.81. The van der Waals surface area contributed by atoms with Gasteiger partial charge in [-0.15, -0.1) is 0 Å². The molecular weight excluding hydrogens is 363 g/mol. The summed E-state index contributed by atoms with van der Waals surface area (Å²) >= 11 is 0. The van der Waals surface area contributed by atoms with Crippen molar-refractivity contribution in [3.8, 4) is 17.6 Å². The Hall–Kier alpha value is -4.19. The lowest BCUT2D eigenvalue weighted by Crippen LogP contribution is -2.08. The van der Waals surface area contributed by atoms with Crippen LogP contribution in [0.25, 0.3) is 5.65 Å². The largest absolute Gasteiger partial charge is 0.454 e. The fourth-order valence-electron chi connectivity index (χ4n) is 2.61. The van der Waals surface area contributed by atoms with Gasteiger partial charge in [-0.1, -0.05) is 0 Å². The van der Waals surface area contributed by atoms with E-state index < -0.39 is 5.82 Å². The van der Waals surface area contributed by atoms with Gasteiger partial charge < -0.3 is 4.74 Å². The van der Waals surface area contributed by atoms with E-state index in [1.165, 1.54) is 47.5 Å². The first-order valence-corrected chi connectivity index (χ1v) is 8.12. The minimum Gasteiger partial charge on any atom is -0.454 e. The number of aromatic nitrogens is 5. The van der Waals surface area contributed by atoms with Gasteiger partial charge in [-0.25, -0.2) is 13.9 Å². The molecule has 4 rings (SSSR count). The van der Waals surface area contributed by atoms with Crippen LogP contribution in [-0.4, -0.2) is 30.3 Å². The molecule has 4 heterocycles. The van der Waals surface area contributed by atoms with Crippen LogP contribution in [0.3, 0.4) is 0 Å². The Labute approximate surface area is 157 Å². The molecule has 8 nitrogen and oxygen atoms in total. The lowest BCUT2D eigenvalue weighted by atomic mass is 10.1. The highest BCUT2D eigenvalue weighted by atomic mass is 19.1. The van der Waals surface area contributed by atoms with Gasteiger partial charge in [0.25, 0.3) is 0 Å². The molecule has 0 bridgehead atoms. The lowest BCUT2D eigenvalue weighted by molar-refractivity contribution is 0.0992. The Kier molecular flexibility index (Phi) is 4.43. The number of carbonyl (C=O) groups is 1. The molecule has 4 aromatic heterocycles.